The van der Waals surface area contributed by atoms with Gasteiger partial charge in [0.25, 0.3) is 5.69 Å². The lowest BCUT2D eigenvalue weighted by Crippen LogP contribution is -2.06. The van der Waals surface area contributed by atoms with Crippen LogP contribution in [0.25, 0.3) is 5.69 Å². The maximum Gasteiger partial charge on any atom is 0.307 e. The molecule has 0 aliphatic carbocycles. The molecule has 0 atom stereocenters. The van der Waals surface area contributed by atoms with E-state index in [1.807, 2.05) is 0 Å². The Kier molecular flexibility index (Phi) is 3.75. The van der Waals surface area contributed by atoms with Gasteiger partial charge in [0.1, 0.15) is 5.69 Å². The number of para-hydroxylation sites is 1. The van der Waals surface area contributed by atoms with Crippen molar-refractivity contribution in [3.05, 3.63) is 50.8 Å². The minimum Gasteiger partial charge on any atom is -0.481 e. The van der Waals surface area contributed by atoms with E-state index < -0.39 is 10.9 Å². The lowest BCUT2D eigenvalue weighted by atomic mass is 10.1. The molecule has 1 aromatic heterocycles. The summed E-state index contributed by atoms with van der Waals surface area (Å²) < 4.78 is 1.44. The summed E-state index contributed by atoms with van der Waals surface area (Å²) in [5, 5.41) is 24.5. The Bertz CT molecular complexity index is 734. The Morgan fingerprint density at radius 2 is 2.05 bits per heavy atom. The minimum atomic E-state index is -0.959. The molecule has 7 heteroatoms. The number of nitro benzene ring substituents is 1. The van der Waals surface area contributed by atoms with Gasteiger partial charge in [-0.25, -0.2) is 4.68 Å². The van der Waals surface area contributed by atoms with Gasteiger partial charge in [0.05, 0.1) is 17.0 Å². The molecule has 0 saturated heterocycles. The van der Waals surface area contributed by atoms with Crippen molar-refractivity contribution in [3.8, 4) is 5.69 Å². The number of benzene rings is 1. The number of carbonyl (C=O) groups is 1. The highest BCUT2D eigenvalue weighted by Gasteiger charge is 2.23. The molecule has 0 amide bonds. The number of nitrogens with zero attached hydrogens (tertiary/aromatic N) is 3. The SMILES string of the molecule is Cc1cccc(-n2nc(C)c(CC(=O)O)c2C)c1[N+](=O)[O-]. The van der Waals surface area contributed by atoms with Crippen molar-refractivity contribution in [1.29, 1.82) is 0 Å². The van der Waals surface area contributed by atoms with Crippen LogP contribution >= 0.6 is 0 Å². The summed E-state index contributed by atoms with van der Waals surface area (Å²) in [6, 6.07) is 4.98. The summed E-state index contributed by atoms with van der Waals surface area (Å²) in [4.78, 5) is 21.7. The van der Waals surface area contributed by atoms with Gasteiger partial charge in [0.2, 0.25) is 0 Å². The molecule has 0 unspecified atom stereocenters. The average molecular weight is 289 g/mol. The van der Waals surface area contributed by atoms with E-state index in [2.05, 4.69) is 5.10 Å². The van der Waals surface area contributed by atoms with Crippen molar-refractivity contribution >= 4 is 11.7 Å². The standard InChI is InChI=1S/C14H15N3O4/c1-8-5-4-6-12(14(8)17(20)21)16-10(3)11(7-13(18)19)9(2)15-16/h4-6H,7H2,1-3H3,(H,18,19). The second-order valence-corrected chi connectivity index (χ2v) is 4.83. The van der Waals surface area contributed by atoms with E-state index >= 15 is 0 Å². The lowest BCUT2D eigenvalue weighted by molar-refractivity contribution is -0.385. The number of rotatable bonds is 4. The Morgan fingerprint density at radius 3 is 2.62 bits per heavy atom. The van der Waals surface area contributed by atoms with E-state index in [-0.39, 0.29) is 12.1 Å². The number of hydrogen-bond donors (Lipinski definition) is 1. The Labute approximate surface area is 121 Å². The highest BCUT2D eigenvalue weighted by atomic mass is 16.6. The van der Waals surface area contributed by atoms with E-state index in [1.165, 1.54) is 4.68 Å². The molecule has 2 rings (SSSR count). The van der Waals surface area contributed by atoms with Crippen LogP contribution in [0.3, 0.4) is 0 Å². The van der Waals surface area contributed by atoms with Crippen molar-refractivity contribution in [2.24, 2.45) is 0 Å². The van der Waals surface area contributed by atoms with Crippen LogP contribution in [0, 0.1) is 30.9 Å². The van der Waals surface area contributed by atoms with Crippen LogP contribution in [-0.4, -0.2) is 25.8 Å². The van der Waals surface area contributed by atoms with Crippen molar-refractivity contribution < 1.29 is 14.8 Å². The third kappa shape index (κ3) is 2.62. The molecule has 1 N–H and O–H groups in total. The van der Waals surface area contributed by atoms with Gasteiger partial charge in [0, 0.05) is 16.8 Å². The molecule has 2 aromatic rings. The number of aliphatic carboxylic acids is 1. The van der Waals surface area contributed by atoms with Crippen LogP contribution in [0.4, 0.5) is 5.69 Å². The van der Waals surface area contributed by atoms with Gasteiger partial charge < -0.3 is 5.11 Å². The first-order valence-corrected chi connectivity index (χ1v) is 6.34. The molecule has 0 fully saturated rings. The van der Waals surface area contributed by atoms with Crippen LogP contribution in [0.1, 0.15) is 22.5 Å². The van der Waals surface area contributed by atoms with Crippen molar-refractivity contribution in [2.75, 3.05) is 0 Å². The van der Waals surface area contributed by atoms with Crippen LogP contribution in [0.15, 0.2) is 18.2 Å². The molecular weight excluding hydrogens is 274 g/mol. The highest BCUT2D eigenvalue weighted by molar-refractivity contribution is 5.71. The van der Waals surface area contributed by atoms with Gasteiger partial charge in [-0.05, 0) is 26.8 Å². The number of carboxylic acid groups (broad SMARTS) is 1. The van der Waals surface area contributed by atoms with Crippen molar-refractivity contribution in [1.82, 2.24) is 9.78 Å². The second-order valence-electron chi connectivity index (χ2n) is 4.83. The Hall–Kier alpha value is -2.70. The van der Waals surface area contributed by atoms with E-state index in [1.54, 1.807) is 39.0 Å². The smallest absolute Gasteiger partial charge is 0.307 e. The van der Waals surface area contributed by atoms with Gasteiger partial charge >= 0.3 is 5.97 Å². The van der Waals surface area contributed by atoms with Crippen LogP contribution < -0.4 is 0 Å². The van der Waals surface area contributed by atoms with E-state index in [0.29, 0.717) is 28.2 Å². The number of nitro groups is 1. The Balaban J connectivity index is 2.66. The maximum absolute atomic E-state index is 11.3. The van der Waals surface area contributed by atoms with E-state index in [0.717, 1.165) is 0 Å². The van der Waals surface area contributed by atoms with Crippen LogP contribution in [0.5, 0.6) is 0 Å². The fraction of sp³-hybridized carbons (Fsp3) is 0.286. The van der Waals surface area contributed by atoms with E-state index in [4.69, 9.17) is 5.11 Å². The predicted octanol–water partition coefficient (Wildman–Crippen LogP) is 2.33. The molecule has 0 bridgehead atoms. The summed E-state index contributed by atoms with van der Waals surface area (Å²) >= 11 is 0. The molecule has 0 aliphatic rings. The number of hydrogen-bond acceptors (Lipinski definition) is 4. The molecule has 7 nitrogen and oxygen atoms in total. The van der Waals surface area contributed by atoms with Crippen molar-refractivity contribution in [2.45, 2.75) is 27.2 Å². The van der Waals surface area contributed by atoms with Gasteiger partial charge in [-0.1, -0.05) is 12.1 Å². The van der Waals surface area contributed by atoms with Gasteiger partial charge in [0.15, 0.2) is 0 Å². The van der Waals surface area contributed by atoms with Gasteiger partial charge in [-0.15, -0.1) is 0 Å². The van der Waals surface area contributed by atoms with Gasteiger partial charge in [-0.2, -0.15) is 5.10 Å². The van der Waals surface area contributed by atoms with E-state index in [9.17, 15) is 14.9 Å². The molecule has 1 heterocycles. The average Bonchev–Trinajstić information content (AvgIpc) is 2.65. The summed E-state index contributed by atoms with van der Waals surface area (Å²) in [5.41, 5.74) is 2.60. The fourth-order valence-corrected chi connectivity index (χ4v) is 2.37. The molecule has 21 heavy (non-hydrogen) atoms. The first kappa shape index (κ1) is 14.7. The van der Waals surface area contributed by atoms with Crippen molar-refractivity contribution in [3.63, 3.8) is 0 Å². The highest BCUT2D eigenvalue weighted by Crippen LogP contribution is 2.28. The number of aryl methyl sites for hydroxylation is 2. The zero-order chi connectivity index (χ0) is 15.7. The monoisotopic (exact) mass is 289 g/mol. The molecule has 1 aromatic carbocycles. The number of carboxylic acids is 1. The van der Waals surface area contributed by atoms with Crippen LogP contribution in [-0.2, 0) is 11.2 Å². The number of aromatic nitrogens is 2. The third-order valence-electron chi connectivity index (χ3n) is 3.40. The Morgan fingerprint density at radius 1 is 1.38 bits per heavy atom. The first-order valence-electron chi connectivity index (χ1n) is 6.34. The molecule has 0 radical (unpaired) electrons. The molecule has 0 spiro atoms. The molecular formula is C14H15N3O4. The summed E-state index contributed by atoms with van der Waals surface area (Å²) in [6.07, 6.45) is -0.155. The normalized spacial score (nSPS) is 10.6. The lowest BCUT2D eigenvalue weighted by Gasteiger charge is -2.07. The zero-order valence-electron chi connectivity index (χ0n) is 12.0. The van der Waals surface area contributed by atoms with Crippen LogP contribution in [0.2, 0.25) is 0 Å². The molecule has 0 saturated carbocycles. The quantitative estimate of drug-likeness (QED) is 0.688. The molecule has 0 aliphatic heterocycles. The fourth-order valence-electron chi connectivity index (χ4n) is 2.37. The summed E-state index contributed by atoms with van der Waals surface area (Å²) in [6.45, 7) is 5.07. The third-order valence-corrected chi connectivity index (χ3v) is 3.40. The minimum absolute atomic E-state index is 0.0232. The van der Waals surface area contributed by atoms with Gasteiger partial charge in [-0.3, -0.25) is 14.9 Å². The maximum atomic E-state index is 11.3. The first-order chi connectivity index (χ1) is 9.82. The predicted molar refractivity (Wildman–Crippen MR) is 75.8 cm³/mol. The second kappa shape index (κ2) is 5.35. The molecule has 110 valence electrons. The summed E-state index contributed by atoms with van der Waals surface area (Å²) in [7, 11) is 0. The largest absolute Gasteiger partial charge is 0.481 e. The topological polar surface area (TPSA) is 98.3 Å². The zero-order valence-corrected chi connectivity index (χ0v) is 12.0. The summed E-state index contributed by atoms with van der Waals surface area (Å²) in [5.74, 6) is -0.959.